The minimum absolute atomic E-state index is 0. The van der Waals surface area contributed by atoms with E-state index in [0.717, 1.165) is 78.9 Å². The molecule has 0 N–H and O–H groups in total. The van der Waals surface area contributed by atoms with E-state index in [1.807, 2.05) is 194 Å². The molecule has 0 fully saturated rings. The van der Waals surface area contributed by atoms with E-state index < -0.39 is 0 Å². The minimum Gasteiger partial charge on any atom is -0.408 e. The molecule has 0 bridgehead atoms. The first-order valence-corrected chi connectivity index (χ1v) is 39.3. The number of hydrogen-bond donors (Lipinski definition) is 0. The quantitative estimate of drug-likeness (QED) is 0.0817. The van der Waals surface area contributed by atoms with Crippen LogP contribution in [-0.4, -0.2) is 61.2 Å². The Bertz CT molecular complexity index is 3560. The van der Waals surface area contributed by atoms with E-state index in [-0.39, 0.29) is 87.3 Å². The van der Waals surface area contributed by atoms with Crippen molar-refractivity contribution in [3.8, 4) is 0 Å². The molecular weight excluding hydrogens is 1860 g/mol. The number of nitrogens with zero attached hydrogens (tertiary/aromatic N) is 8. The van der Waals surface area contributed by atoms with E-state index in [1.54, 1.807) is 90.7 Å². The van der Waals surface area contributed by atoms with Gasteiger partial charge in [0.15, 0.2) is 0 Å². The molecule has 16 aromatic rings. The maximum atomic E-state index is 4.92. The first-order chi connectivity index (χ1) is 44.5. The van der Waals surface area contributed by atoms with Crippen molar-refractivity contribution in [1.82, 2.24) is 39.9 Å². The summed E-state index contributed by atoms with van der Waals surface area (Å²) in [6.07, 6.45) is 0. The van der Waals surface area contributed by atoms with Crippen LogP contribution >= 0.6 is 184 Å². The second kappa shape index (κ2) is 53.7. The van der Waals surface area contributed by atoms with Crippen LogP contribution in [-0.2, 0) is 167 Å². The summed E-state index contributed by atoms with van der Waals surface area (Å²) in [4.78, 5) is 33.2. The van der Waals surface area contributed by atoms with Gasteiger partial charge >= 0.3 is 66.0 Å². The maximum Gasteiger partial charge on any atom is 2.00 e. The van der Waals surface area contributed by atoms with Gasteiger partial charge in [-0.3, -0.25) is 39.9 Å². The van der Waals surface area contributed by atoms with Gasteiger partial charge in [-0.25, -0.2) is 0 Å². The largest absolute Gasteiger partial charge is 2.00 e. The topological polar surface area (TPSA) is 103 Å². The van der Waals surface area contributed by atoms with E-state index in [9.17, 15) is 0 Å². The van der Waals surface area contributed by atoms with E-state index in [4.69, 9.17) is 194 Å². The zero-order valence-electron chi connectivity index (χ0n) is 47.7. The molecule has 16 rings (SSSR count). The molecule has 0 radical (unpaired) electrons. The normalized spacial score (nSPS) is 9.42. The summed E-state index contributed by atoms with van der Waals surface area (Å²) in [5.41, 5.74) is 8.09. The molecule has 0 atom stereocenters. The van der Waals surface area contributed by atoms with Crippen molar-refractivity contribution in [3.05, 3.63) is 194 Å². The first-order valence-electron chi connectivity index (χ1n) is 25.2. The fraction of sp³-hybridized carbons (Fsp3) is 0.0667. The molecule has 0 aliphatic rings. The van der Waals surface area contributed by atoms with Gasteiger partial charge in [-0.15, -0.1) is 92.8 Å². The fourth-order valence-electron chi connectivity index (χ4n) is 6.81. The summed E-state index contributed by atoms with van der Waals surface area (Å²) >= 11 is 89.9. The van der Waals surface area contributed by atoms with Crippen molar-refractivity contribution < 1.29 is 66.0 Å². The van der Waals surface area contributed by atoms with Gasteiger partial charge in [0.05, 0.1) is 65.5 Å². The number of halogens is 8. The van der Waals surface area contributed by atoms with Crippen molar-refractivity contribution in [2.75, 3.05) is 21.4 Å². The van der Waals surface area contributed by atoms with Crippen molar-refractivity contribution in [2.45, 2.75) is 34.7 Å². The van der Waals surface area contributed by atoms with Gasteiger partial charge in [0.25, 0.3) is 0 Å². The van der Waals surface area contributed by atoms with Crippen LogP contribution in [0.25, 0.3) is 81.7 Å². The molecule has 0 aliphatic carbocycles. The van der Waals surface area contributed by atoms with Crippen molar-refractivity contribution in [1.29, 1.82) is 0 Å². The Labute approximate surface area is 712 Å². The number of para-hydroxylation sites is 8. The van der Waals surface area contributed by atoms with Gasteiger partial charge in [-0.2, -0.15) is 0 Å². The van der Waals surface area contributed by atoms with Crippen LogP contribution in [0.4, 0.5) is 0 Å². The third kappa shape index (κ3) is 34.5. The van der Waals surface area contributed by atoms with E-state index in [0.29, 0.717) is 0 Å². The first kappa shape index (κ1) is 92.9. The molecule has 0 aliphatic heterocycles. The van der Waals surface area contributed by atoms with Crippen LogP contribution in [0.1, 0.15) is 0 Å². The van der Waals surface area contributed by atoms with Crippen LogP contribution in [0, 0.1) is 0 Å². The van der Waals surface area contributed by atoms with Crippen molar-refractivity contribution >= 4 is 366 Å². The van der Waals surface area contributed by atoms with E-state index in [1.165, 1.54) is 37.6 Å². The maximum absolute atomic E-state index is 4.92. The predicted molar refractivity (Wildman–Crippen MR) is 428 cm³/mol. The van der Waals surface area contributed by atoms with E-state index in [2.05, 4.69) is 39.9 Å². The Hall–Kier alpha value is -1.07. The van der Waals surface area contributed by atoms with Crippen LogP contribution in [0.15, 0.2) is 229 Å². The molecule has 96 heavy (non-hydrogen) atoms. The second-order valence-electron chi connectivity index (χ2n) is 16.0. The van der Waals surface area contributed by atoms with Gasteiger partial charge in [0, 0.05) is 0 Å². The SMILES string of the molecule is ClCCl.ClCCl.ClCCl.ClCCl.[Ni+2].[Ni+2].[Ni+2].[Ni+2].[S-]c1nc2ccccc2s1.[S-]c1nc2ccccc2s1.[S-]c1nc2ccccc2s1.[S-]c1nc2ccccc2s1.[S-]c1nc2ccccc2s1.[S-]c1nc2ccccc2s1.[S-]c1nc2ccccc2s1.[S-]c1nc2ccccc2s1. The van der Waals surface area contributed by atoms with Crippen LogP contribution in [0.3, 0.4) is 0 Å². The zero-order chi connectivity index (χ0) is 66.6. The second-order valence-corrected chi connectivity index (χ2v) is 32.6. The summed E-state index contributed by atoms with van der Waals surface area (Å²) in [6, 6.07) is 63.8. The van der Waals surface area contributed by atoms with Crippen LogP contribution in [0.5, 0.6) is 0 Å². The molecule has 8 aromatic heterocycles. The smallest absolute Gasteiger partial charge is 0.408 e. The molecular formula is C60H40Cl8N8Ni4S16. The minimum atomic E-state index is 0. The van der Waals surface area contributed by atoms with Crippen LogP contribution < -0.4 is 0 Å². The van der Waals surface area contributed by atoms with Gasteiger partial charge in [0.2, 0.25) is 0 Å². The number of alkyl halides is 8. The molecule has 0 saturated carbocycles. The van der Waals surface area contributed by atoms with E-state index >= 15 is 0 Å². The van der Waals surface area contributed by atoms with Crippen LogP contribution in [0.2, 0.25) is 0 Å². The Kier molecular flexibility index (Phi) is 52.0. The number of hydrogen-bond acceptors (Lipinski definition) is 24. The Morgan fingerprint density at radius 1 is 0.188 bits per heavy atom. The van der Waals surface area contributed by atoms with Crippen molar-refractivity contribution in [3.63, 3.8) is 0 Å². The summed E-state index contributed by atoms with van der Waals surface area (Å²) in [7, 11) is 0. The molecule has 36 heteroatoms. The molecule has 0 saturated heterocycles. The number of thiazole rings is 8. The Morgan fingerprint density at radius 3 is 0.354 bits per heavy atom. The molecule has 8 heterocycles. The summed E-state index contributed by atoms with van der Waals surface area (Å²) in [5, 5.41) is 0.778. The Morgan fingerprint density at radius 2 is 0.271 bits per heavy atom. The van der Waals surface area contributed by atoms with Gasteiger partial charge < -0.3 is 192 Å². The molecule has 0 unspecified atom stereocenters. The summed E-state index contributed by atoms with van der Waals surface area (Å²) < 4.78 is 15.2. The molecule has 8 aromatic carbocycles. The number of aromatic nitrogens is 8. The average Bonchev–Trinajstić information content (AvgIpc) is 2.21. The number of fused-ring (bicyclic) bond motifs is 8. The fourth-order valence-corrected chi connectivity index (χ4v) is 15.3. The average molecular weight is 1900 g/mol. The predicted octanol–water partition coefficient (Wildman–Crippen LogP) is 23.3. The third-order valence-electron chi connectivity index (χ3n) is 10.2. The van der Waals surface area contributed by atoms with Crippen molar-refractivity contribution in [2.24, 2.45) is 0 Å². The van der Waals surface area contributed by atoms with Gasteiger partial charge in [0.1, 0.15) is 0 Å². The standard InChI is InChI=1S/8C7H5NS2.4CH2Cl2.4Ni/c8*9-7-8-5-3-1-2-4-6(5)10-7;4*2-1-3;;;;/h8*1-4H,(H,8,9);4*1H2;;;;/q;;;;;;;;;;;;4*+2/p-8. The molecule has 0 amide bonds. The number of rotatable bonds is 0. The third-order valence-corrected chi connectivity index (χ3v) is 19.6. The van der Waals surface area contributed by atoms with Gasteiger partial charge in [-0.05, 0) is 121 Å². The zero-order valence-corrected chi connectivity index (χ0v) is 70.8. The molecule has 8 nitrogen and oxygen atoms in total. The molecule has 0 spiro atoms. The summed E-state index contributed by atoms with van der Waals surface area (Å²) in [6.45, 7) is 0. The number of benzene rings is 8. The summed E-state index contributed by atoms with van der Waals surface area (Å²) in [5.74, 6) is 0. The monoisotopic (exact) mass is 1900 g/mol. The molecule has 512 valence electrons. The Balaban J connectivity index is 0.000000532. The van der Waals surface area contributed by atoms with Gasteiger partial charge in [-0.1, -0.05) is 146 Å².